The predicted molar refractivity (Wildman–Crippen MR) is 110 cm³/mol. The Morgan fingerprint density at radius 3 is 2.62 bits per heavy atom. The predicted octanol–water partition coefficient (Wildman–Crippen LogP) is 5.86. The van der Waals surface area contributed by atoms with Gasteiger partial charge in [0, 0.05) is 11.3 Å². The standard InChI is InChI=1S/C22H28O3S/c1-3-5-9-17(4-2)16-25-21(23)14-15-26-22(24)20-13-8-11-18-10-6-7-12-19(18)20/h6-8,10-13,17H,3-5,9,14-16H2,1-2H3. The molecule has 3 nitrogen and oxygen atoms in total. The summed E-state index contributed by atoms with van der Waals surface area (Å²) in [5.41, 5.74) is 0.701. The zero-order chi connectivity index (χ0) is 18.8. The molecular weight excluding hydrogens is 344 g/mol. The molecule has 26 heavy (non-hydrogen) atoms. The molecule has 0 aliphatic heterocycles. The van der Waals surface area contributed by atoms with Crippen molar-refractivity contribution in [2.45, 2.75) is 46.0 Å². The minimum atomic E-state index is -0.210. The molecule has 0 radical (unpaired) electrons. The molecule has 0 heterocycles. The zero-order valence-corrected chi connectivity index (χ0v) is 16.5. The molecule has 1 unspecified atom stereocenters. The van der Waals surface area contributed by atoms with Crippen LogP contribution in [0.3, 0.4) is 0 Å². The summed E-state index contributed by atoms with van der Waals surface area (Å²) in [5.74, 6) is 0.689. The van der Waals surface area contributed by atoms with Crippen LogP contribution in [0.1, 0.15) is 56.3 Å². The topological polar surface area (TPSA) is 43.4 Å². The van der Waals surface area contributed by atoms with Crippen LogP contribution in [0.4, 0.5) is 0 Å². The van der Waals surface area contributed by atoms with Crippen LogP contribution in [-0.2, 0) is 9.53 Å². The van der Waals surface area contributed by atoms with E-state index in [1.807, 2.05) is 42.5 Å². The van der Waals surface area contributed by atoms with Crippen LogP contribution in [0.2, 0.25) is 0 Å². The number of rotatable bonds is 10. The van der Waals surface area contributed by atoms with Gasteiger partial charge in [-0.15, -0.1) is 0 Å². The van der Waals surface area contributed by atoms with E-state index in [1.165, 1.54) is 18.2 Å². The molecule has 0 aliphatic carbocycles. The zero-order valence-electron chi connectivity index (χ0n) is 15.7. The molecule has 2 rings (SSSR count). The number of esters is 1. The second kappa shape index (κ2) is 11.0. The first-order valence-electron chi connectivity index (χ1n) is 9.46. The van der Waals surface area contributed by atoms with E-state index in [0.29, 0.717) is 23.8 Å². The van der Waals surface area contributed by atoms with E-state index < -0.39 is 0 Å². The lowest BCUT2D eigenvalue weighted by Gasteiger charge is -2.14. The Morgan fingerprint density at radius 1 is 1.08 bits per heavy atom. The van der Waals surface area contributed by atoms with Gasteiger partial charge in [-0.2, -0.15) is 0 Å². The third kappa shape index (κ3) is 6.17. The molecule has 2 aromatic carbocycles. The highest BCUT2D eigenvalue weighted by molar-refractivity contribution is 8.14. The number of unbranched alkanes of at least 4 members (excludes halogenated alkanes) is 1. The van der Waals surface area contributed by atoms with Crippen LogP contribution in [0.15, 0.2) is 42.5 Å². The van der Waals surface area contributed by atoms with Crippen molar-refractivity contribution in [1.29, 1.82) is 0 Å². The Morgan fingerprint density at radius 2 is 1.85 bits per heavy atom. The number of thioether (sulfide) groups is 1. The summed E-state index contributed by atoms with van der Waals surface area (Å²) in [6.07, 6.45) is 4.74. The lowest BCUT2D eigenvalue weighted by molar-refractivity contribution is -0.144. The van der Waals surface area contributed by atoms with Crippen LogP contribution in [0, 0.1) is 5.92 Å². The Kier molecular flexibility index (Phi) is 8.69. The number of fused-ring (bicyclic) bond motifs is 1. The van der Waals surface area contributed by atoms with E-state index in [-0.39, 0.29) is 17.5 Å². The summed E-state index contributed by atoms with van der Waals surface area (Å²) in [4.78, 5) is 24.4. The first-order chi connectivity index (χ1) is 12.7. The minimum Gasteiger partial charge on any atom is -0.465 e. The summed E-state index contributed by atoms with van der Waals surface area (Å²) < 4.78 is 5.39. The Labute approximate surface area is 160 Å². The number of ether oxygens (including phenoxy) is 1. The SMILES string of the molecule is CCCCC(CC)COC(=O)CCSC(=O)c1cccc2ccccc12. The largest absolute Gasteiger partial charge is 0.465 e. The number of hydrogen-bond donors (Lipinski definition) is 0. The maximum absolute atomic E-state index is 12.5. The fraction of sp³-hybridized carbons (Fsp3) is 0.455. The van der Waals surface area contributed by atoms with E-state index in [4.69, 9.17) is 4.74 Å². The summed E-state index contributed by atoms with van der Waals surface area (Å²) in [7, 11) is 0. The highest BCUT2D eigenvalue weighted by atomic mass is 32.2. The van der Waals surface area contributed by atoms with E-state index in [9.17, 15) is 9.59 Å². The van der Waals surface area contributed by atoms with Gasteiger partial charge in [-0.3, -0.25) is 9.59 Å². The summed E-state index contributed by atoms with van der Waals surface area (Å²) in [5, 5.41) is 2.01. The first kappa shape index (κ1) is 20.5. The summed E-state index contributed by atoms with van der Waals surface area (Å²) in [6, 6.07) is 13.6. The molecule has 0 saturated carbocycles. The van der Waals surface area contributed by atoms with Crippen molar-refractivity contribution in [3.05, 3.63) is 48.0 Å². The smallest absolute Gasteiger partial charge is 0.306 e. The summed E-state index contributed by atoms with van der Waals surface area (Å²) in [6.45, 7) is 4.80. The fourth-order valence-electron chi connectivity index (χ4n) is 2.89. The van der Waals surface area contributed by atoms with Gasteiger partial charge in [0.1, 0.15) is 0 Å². The molecule has 0 aromatic heterocycles. The van der Waals surface area contributed by atoms with Crippen LogP contribution in [0.5, 0.6) is 0 Å². The highest BCUT2D eigenvalue weighted by Gasteiger charge is 2.13. The van der Waals surface area contributed by atoms with Gasteiger partial charge in [0.05, 0.1) is 13.0 Å². The van der Waals surface area contributed by atoms with Crippen molar-refractivity contribution in [3.8, 4) is 0 Å². The molecule has 4 heteroatoms. The normalized spacial score (nSPS) is 12.1. The van der Waals surface area contributed by atoms with Crippen molar-refractivity contribution >= 4 is 33.6 Å². The average molecular weight is 373 g/mol. The van der Waals surface area contributed by atoms with Gasteiger partial charge in [0.15, 0.2) is 0 Å². The van der Waals surface area contributed by atoms with Gasteiger partial charge >= 0.3 is 5.97 Å². The van der Waals surface area contributed by atoms with Crippen molar-refractivity contribution in [1.82, 2.24) is 0 Å². The minimum absolute atomic E-state index is 0.00369. The number of benzene rings is 2. The number of carbonyl (C=O) groups excluding carboxylic acids is 2. The average Bonchev–Trinajstić information content (AvgIpc) is 2.67. The third-order valence-corrected chi connectivity index (χ3v) is 5.46. The van der Waals surface area contributed by atoms with E-state index in [1.54, 1.807) is 0 Å². The van der Waals surface area contributed by atoms with E-state index in [0.717, 1.165) is 30.0 Å². The monoisotopic (exact) mass is 372 g/mol. The van der Waals surface area contributed by atoms with Crippen molar-refractivity contribution in [2.75, 3.05) is 12.4 Å². The van der Waals surface area contributed by atoms with Gasteiger partial charge < -0.3 is 4.74 Å². The molecule has 2 aromatic rings. The van der Waals surface area contributed by atoms with Gasteiger partial charge in [0.2, 0.25) is 5.12 Å². The molecule has 140 valence electrons. The van der Waals surface area contributed by atoms with Crippen LogP contribution in [-0.4, -0.2) is 23.4 Å². The van der Waals surface area contributed by atoms with Crippen molar-refractivity contribution in [3.63, 3.8) is 0 Å². The van der Waals surface area contributed by atoms with Gasteiger partial charge in [-0.25, -0.2) is 0 Å². The molecule has 0 N–H and O–H groups in total. The highest BCUT2D eigenvalue weighted by Crippen LogP contribution is 2.23. The van der Waals surface area contributed by atoms with E-state index in [2.05, 4.69) is 13.8 Å². The Bertz CT molecular complexity index is 721. The van der Waals surface area contributed by atoms with Crippen molar-refractivity contribution < 1.29 is 14.3 Å². The molecular formula is C22H28O3S. The Balaban J connectivity index is 1.78. The molecule has 0 spiro atoms. The first-order valence-corrected chi connectivity index (χ1v) is 10.4. The fourth-order valence-corrected chi connectivity index (χ4v) is 3.68. The van der Waals surface area contributed by atoms with Crippen LogP contribution >= 0.6 is 11.8 Å². The van der Waals surface area contributed by atoms with Gasteiger partial charge in [0.25, 0.3) is 0 Å². The quantitative estimate of drug-likeness (QED) is 0.490. The lowest BCUT2D eigenvalue weighted by atomic mass is 10.0. The maximum atomic E-state index is 12.5. The second-order valence-electron chi connectivity index (χ2n) is 6.51. The number of hydrogen-bond acceptors (Lipinski definition) is 4. The summed E-state index contributed by atoms with van der Waals surface area (Å²) >= 11 is 1.19. The molecule has 0 amide bonds. The molecule has 0 bridgehead atoms. The third-order valence-electron chi connectivity index (χ3n) is 4.57. The van der Waals surface area contributed by atoms with Crippen LogP contribution in [0.25, 0.3) is 10.8 Å². The molecule has 0 aliphatic rings. The number of carbonyl (C=O) groups is 2. The molecule has 1 atom stereocenters. The van der Waals surface area contributed by atoms with Gasteiger partial charge in [-0.05, 0) is 29.2 Å². The molecule has 0 saturated heterocycles. The lowest BCUT2D eigenvalue weighted by Crippen LogP contribution is -2.14. The van der Waals surface area contributed by atoms with Gasteiger partial charge in [-0.1, -0.05) is 81.3 Å². The second-order valence-corrected chi connectivity index (χ2v) is 7.58. The van der Waals surface area contributed by atoms with E-state index >= 15 is 0 Å². The maximum Gasteiger partial charge on any atom is 0.306 e. The Hall–Kier alpha value is -1.81. The molecule has 0 fully saturated rings. The van der Waals surface area contributed by atoms with Crippen molar-refractivity contribution in [2.24, 2.45) is 5.92 Å². The van der Waals surface area contributed by atoms with Crippen LogP contribution < -0.4 is 0 Å².